The average Bonchev–Trinajstić information content (AvgIpc) is 3.42. The quantitative estimate of drug-likeness (QED) is 0.700. The second kappa shape index (κ2) is 9.06. The molecule has 0 radical (unpaired) electrons. The number of nitrogens with zero attached hydrogens (tertiary/aromatic N) is 3. The predicted molar refractivity (Wildman–Crippen MR) is 122 cm³/mol. The van der Waals surface area contributed by atoms with Gasteiger partial charge in [-0.1, -0.05) is 61.4 Å². The SMILES string of the molecule is O=C(c1ccccc1Cn1cccn1)N1C[C@@H](c2ccccc2)[C@@H]2NCCCCC[C@@H]21. The van der Waals surface area contributed by atoms with Crippen molar-refractivity contribution in [3.8, 4) is 0 Å². The Hall–Kier alpha value is -2.92. The summed E-state index contributed by atoms with van der Waals surface area (Å²) < 4.78 is 1.88. The first kappa shape index (κ1) is 20.0. The lowest BCUT2D eigenvalue weighted by molar-refractivity contribution is 0.0711. The largest absolute Gasteiger partial charge is 0.333 e. The number of benzene rings is 2. The second-order valence-electron chi connectivity index (χ2n) is 8.73. The van der Waals surface area contributed by atoms with Crippen LogP contribution in [-0.4, -0.2) is 45.8 Å². The van der Waals surface area contributed by atoms with Crippen LogP contribution < -0.4 is 5.32 Å². The molecule has 1 aromatic heterocycles. The van der Waals surface area contributed by atoms with Crippen LogP contribution in [0.5, 0.6) is 0 Å². The lowest BCUT2D eigenvalue weighted by Gasteiger charge is -2.31. The minimum atomic E-state index is 0.151. The molecule has 1 amide bonds. The first-order valence-electron chi connectivity index (χ1n) is 11.5. The zero-order chi connectivity index (χ0) is 21.0. The van der Waals surface area contributed by atoms with Crippen molar-refractivity contribution in [2.24, 2.45) is 0 Å². The van der Waals surface area contributed by atoms with Crippen LogP contribution in [0.4, 0.5) is 0 Å². The molecule has 2 fully saturated rings. The molecule has 0 unspecified atom stereocenters. The Morgan fingerprint density at radius 2 is 1.84 bits per heavy atom. The number of carbonyl (C=O) groups is 1. The lowest BCUT2D eigenvalue weighted by Crippen LogP contribution is -2.47. The smallest absolute Gasteiger partial charge is 0.254 e. The Labute approximate surface area is 184 Å². The molecule has 2 saturated heterocycles. The molecule has 5 rings (SSSR count). The van der Waals surface area contributed by atoms with E-state index in [1.54, 1.807) is 6.20 Å². The van der Waals surface area contributed by atoms with Crippen molar-refractivity contribution < 1.29 is 4.79 Å². The van der Waals surface area contributed by atoms with E-state index >= 15 is 0 Å². The van der Waals surface area contributed by atoms with Crippen LogP contribution in [-0.2, 0) is 6.54 Å². The van der Waals surface area contributed by atoms with Crippen molar-refractivity contribution in [1.82, 2.24) is 20.0 Å². The summed E-state index contributed by atoms with van der Waals surface area (Å²) in [6.07, 6.45) is 8.41. The summed E-state index contributed by atoms with van der Waals surface area (Å²) in [5.74, 6) is 0.477. The van der Waals surface area contributed by atoms with E-state index in [9.17, 15) is 4.79 Å². The van der Waals surface area contributed by atoms with Crippen molar-refractivity contribution in [3.63, 3.8) is 0 Å². The van der Waals surface area contributed by atoms with Gasteiger partial charge in [0, 0.05) is 42.5 Å². The van der Waals surface area contributed by atoms with Crippen molar-refractivity contribution in [2.45, 2.75) is 50.2 Å². The third-order valence-electron chi connectivity index (χ3n) is 6.83. The molecule has 31 heavy (non-hydrogen) atoms. The van der Waals surface area contributed by atoms with Gasteiger partial charge in [0.05, 0.1) is 6.54 Å². The standard InChI is InChI=1S/C26H30N4O/c31-26(22-13-7-6-12-21(22)18-29-17-9-16-28-29)30-19-23(20-10-3-1-4-11-20)25-24(30)14-5-2-8-15-27-25/h1,3-4,6-7,9-13,16-17,23-25,27H,2,5,8,14-15,18-19H2/t23-,24-,25-/m0/s1. The Kier molecular flexibility index (Phi) is 5.85. The summed E-state index contributed by atoms with van der Waals surface area (Å²) in [6.45, 7) is 2.40. The van der Waals surface area contributed by atoms with E-state index in [2.05, 4.69) is 45.6 Å². The molecular weight excluding hydrogens is 384 g/mol. The highest BCUT2D eigenvalue weighted by Crippen LogP contribution is 2.36. The number of aromatic nitrogens is 2. The molecular formula is C26H30N4O. The van der Waals surface area contributed by atoms with Gasteiger partial charge in [0.15, 0.2) is 0 Å². The van der Waals surface area contributed by atoms with Crippen molar-refractivity contribution in [2.75, 3.05) is 13.1 Å². The molecule has 160 valence electrons. The number of likely N-dealkylation sites (tertiary alicyclic amines) is 1. The van der Waals surface area contributed by atoms with E-state index in [1.165, 1.54) is 24.8 Å². The number of amides is 1. The molecule has 5 nitrogen and oxygen atoms in total. The first-order chi connectivity index (χ1) is 15.3. The van der Waals surface area contributed by atoms with Gasteiger partial charge in [-0.25, -0.2) is 0 Å². The van der Waals surface area contributed by atoms with E-state index in [4.69, 9.17) is 0 Å². The number of nitrogens with one attached hydrogen (secondary N) is 1. The number of fused-ring (bicyclic) bond motifs is 1. The Morgan fingerprint density at radius 3 is 2.68 bits per heavy atom. The van der Waals surface area contributed by atoms with Gasteiger partial charge < -0.3 is 10.2 Å². The summed E-state index contributed by atoms with van der Waals surface area (Å²) in [7, 11) is 0. The zero-order valence-electron chi connectivity index (χ0n) is 17.9. The van der Waals surface area contributed by atoms with Gasteiger partial charge in [-0.15, -0.1) is 0 Å². The van der Waals surface area contributed by atoms with Gasteiger partial charge in [0.1, 0.15) is 0 Å². The van der Waals surface area contributed by atoms with Gasteiger partial charge in [-0.3, -0.25) is 9.48 Å². The maximum absolute atomic E-state index is 13.9. The molecule has 0 saturated carbocycles. The summed E-state index contributed by atoms with van der Waals surface area (Å²) in [6, 6.07) is 21.2. The maximum atomic E-state index is 13.9. The van der Waals surface area contributed by atoms with Crippen LogP contribution in [0.15, 0.2) is 73.1 Å². The summed E-state index contributed by atoms with van der Waals surface area (Å²) in [5, 5.41) is 8.14. The molecule has 3 heterocycles. The molecule has 5 heteroatoms. The third kappa shape index (κ3) is 4.15. The molecule has 3 atom stereocenters. The van der Waals surface area contributed by atoms with Crippen molar-refractivity contribution in [1.29, 1.82) is 0 Å². The van der Waals surface area contributed by atoms with Gasteiger partial charge >= 0.3 is 0 Å². The van der Waals surface area contributed by atoms with Crippen LogP contribution in [0.3, 0.4) is 0 Å². The third-order valence-corrected chi connectivity index (χ3v) is 6.83. The zero-order valence-corrected chi connectivity index (χ0v) is 17.9. The van der Waals surface area contributed by atoms with Crippen LogP contribution in [0, 0.1) is 0 Å². The van der Waals surface area contributed by atoms with Gasteiger partial charge in [0.2, 0.25) is 0 Å². The fraction of sp³-hybridized carbons (Fsp3) is 0.385. The number of hydrogen-bond acceptors (Lipinski definition) is 3. The molecule has 3 aromatic rings. The summed E-state index contributed by atoms with van der Waals surface area (Å²) >= 11 is 0. The van der Waals surface area contributed by atoms with Crippen molar-refractivity contribution >= 4 is 5.91 Å². The number of hydrogen-bond donors (Lipinski definition) is 1. The van der Waals surface area contributed by atoms with E-state index in [-0.39, 0.29) is 11.9 Å². The maximum Gasteiger partial charge on any atom is 0.254 e. The topological polar surface area (TPSA) is 50.2 Å². The predicted octanol–water partition coefficient (Wildman–Crippen LogP) is 4.07. The van der Waals surface area contributed by atoms with Crippen molar-refractivity contribution in [3.05, 3.63) is 89.7 Å². The molecule has 2 aliphatic heterocycles. The van der Waals surface area contributed by atoms with Crippen LogP contribution in [0.1, 0.15) is 53.1 Å². The highest BCUT2D eigenvalue weighted by molar-refractivity contribution is 5.96. The van der Waals surface area contributed by atoms with Gasteiger partial charge in [-0.05, 0) is 42.6 Å². The second-order valence-corrected chi connectivity index (χ2v) is 8.73. The van der Waals surface area contributed by atoms with E-state index < -0.39 is 0 Å². The molecule has 0 aliphatic carbocycles. The normalized spacial score (nSPS) is 23.7. The molecule has 0 spiro atoms. The van der Waals surface area contributed by atoms with E-state index in [0.29, 0.717) is 18.5 Å². The molecule has 2 aromatic carbocycles. The minimum Gasteiger partial charge on any atom is -0.333 e. The Balaban J connectivity index is 1.46. The molecule has 0 bridgehead atoms. The van der Waals surface area contributed by atoms with Crippen LogP contribution in [0.2, 0.25) is 0 Å². The molecule has 2 aliphatic rings. The first-order valence-corrected chi connectivity index (χ1v) is 11.5. The highest BCUT2D eigenvalue weighted by Gasteiger charge is 2.44. The summed E-state index contributed by atoms with van der Waals surface area (Å²) in [5.41, 5.74) is 3.15. The average molecular weight is 415 g/mol. The molecule has 1 N–H and O–H groups in total. The van der Waals surface area contributed by atoms with E-state index in [1.807, 2.05) is 41.2 Å². The van der Waals surface area contributed by atoms with E-state index in [0.717, 1.165) is 30.6 Å². The van der Waals surface area contributed by atoms with Gasteiger partial charge in [0.25, 0.3) is 5.91 Å². The number of rotatable bonds is 4. The fourth-order valence-electron chi connectivity index (χ4n) is 5.30. The minimum absolute atomic E-state index is 0.151. The van der Waals surface area contributed by atoms with Crippen LogP contribution >= 0.6 is 0 Å². The summed E-state index contributed by atoms with van der Waals surface area (Å²) in [4.78, 5) is 16.1. The monoisotopic (exact) mass is 414 g/mol. The lowest BCUT2D eigenvalue weighted by atomic mass is 9.88. The van der Waals surface area contributed by atoms with Crippen LogP contribution in [0.25, 0.3) is 0 Å². The Bertz CT molecular complexity index is 1000. The van der Waals surface area contributed by atoms with Gasteiger partial charge in [-0.2, -0.15) is 5.10 Å². The Morgan fingerprint density at radius 1 is 1.00 bits per heavy atom. The fourth-order valence-corrected chi connectivity index (χ4v) is 5.30. The highest BCUT2D eigenvalue weighted by atomic mass is 16.2. The number of carbonyl (C=O) groups excluding carboxylic acids is 1.